The van der Waals surface area contributed by atoms with Crippen molar-refractivity contribution in [2.75, 3.05) is 0 Å². The maximum absolute atomic E-state index is 9.48. The predicted octanol–water partition coefficient (Wildman–Crippen LogP) is 11.7. The maximum atomic E-state index is 9.48. The van der Waals surface area contributed by atoms with Crippen molar-refractivity contribution in [1.82, 2.24) is 29.9 Å². The second-order valence-corrected chi connectivity index (χ2v) is 13.8. The molecule has 0 unspecified atom stereocenters. The van der Waals surface area contributed by atoms with Crippen molar-refractivity contribution in [3.63, 3.8) is 0 Å². The van der Waals surface area contributed by atoms with Gasteiger partial charge in [-0.2, -0.15) is 0 Å². The van der Waals surface area contributed by atoms with Gasteiger partial charge in [0.25, 0.3) is 0 Å². The number of ether oxygens (including phenoxy) is 1. The second-order valence-electron chi connectivity index (χ2n) is 12.0. The zero-order valence-corrected chi connectivity index (χ0v) is 30.3. The lowest BCUT2D eigenvalue weighted by atomic mass is 10.0. The molecule has 0 saturated heterocycles. The number of nitrogens with zero attached hydrogens (tertiary/aromatic N) is 4. The van der Waals surface area contributed by atoms with E-state index in [9.17, 15) is 5.11 Å². The molecule has 0 amide bonds. The monoisotopic (exact) mass is 772 g/mol. The molecular weight excluding hydrogens is 747 g/mol. The fraction of sp³-hybridized carbons (Fsp3) is 0.0500. The molecule has 0 aliphatic heterocycles. The van der Waals surface area contributed by atoms with E-state index in [0.29, 0.717) is 15.8 Å². The van der Waals surface area contributed by atoms with Crippen molar-refractivity contribution in [2.45, 2.75) is 13.8 Å². The number of fused-ring (bicyclic) bond motifs is 6. The van der Waals surface area contributed by atoms with Crippen LogP contribution in [0.25, 0.3) is 65.9 Å². The third-order valence-electron chi connectivity index (χ3n) is 8.70. The lowest BCUT2D eigenvalue weighted by Crippen LogP contribution is -1.91. The Kier molecular flexibility index (Phi) is 8.55. The number of rotatable bonds is 4. The summed E-state index contributed by atoms with van der Waals surface area (Å²) in [5.74, 6) is 0.894. The minimum Gasteiger partial charge on any atom is -0.508 e. The molecule has 5 heterocycles. The Morgan fingerprint density at radius 3 is 1.73 bits per heavy atom. The second kappa shape index (κ2) is 13.3. The van der Waals surface area contributed by atoms with E-state index in [2.05, 4.69) is 45.8 Å². The molecule has 9 rings (SSSR count). The van der Waals surface area contributed by atoms with Gasteiger partial charge >= 0.3 is 6.01 Å². The Labute approximate surface area is 310 Å². The van der Waals surface area contributed by atoms with Gasteiger partial charge < -0.3 is 19.8 Å². The van der Waals surface area contributed by atoms with Crippen LogP contribution in [0.15, 0.2) is 114 Å². The third kappa shape index (κ3) is 6.36. The molecule has 51 heavy (non-hydrogen) atoms. The Morgan fingerprint density at radius 1 is 0.608 bits per heavy atom. The largest absolute Gasteiger partial charge is 0.508 e. The Bertz CT molecular complexity index is 2750. The Morgan fingerprint density at radius 2 is 1.16 bits per heavy atom. The highest BCUT2D eigenvalue weighted by atomic mass is 79.9. The fourth-order valence-corrected chi connectivity index (χ4v) is 6.98. The van der Waals surface area contributed by atoms with Gasteiger partial charge in [0, 0.05) is 67.5 Å². The first-order valence-corrected chi connectivity index (χ1v) is 17.4. The summed E-state index contributed by atoms with van der Waals surface area (Å²) >= 11 is 16.1. The maximum Gasteiger partial charge on any atom is 0.321 e. The van der Waals surface area contributed by atoms with E-state index in [-0.39, 0.29) is 11.8 Å². The highest BCUT2D eigenvalue weighted by Gasteiger charge is 2.15. The van der Waals surface area contributed by atoms with Gasteiger partial charge in [0.1, 0.15) is 11.5 Å². The Balaban J connectivity index is 0.000000152. The van der Waals surface area contributed by atoms with Crippen molar-refractivity contribution < 1.29 is 9.84 Å². The van der Waals surface area contributed by atoms with E-state index < -0.39 is 0 Å². The third-order valence-corrected chi connectivity index (χ3v) is 9.54. The van der Waals surface area contributed by atoms with E-state index in [4.69, 9.17) is 27.9 Å². The standard InChI is InChI=1S/C22H14BrClN4O.C18H13ClN2O/c1-12-20-17(5-6-25-12)19-9-15(24)8-18(21(19)28-20)13-3-2-4-16(7-13)29-22-26-10-14(23)11-27-22;1-10-17-14(6-7-20-10)16-9-12(19)8-15(18(16)21-17)11-2-4-13(22)5-3-11/h2-11,28H,1H3;2-9,21-22H,1H3. The molecule has 4 aromatic carbocycles. The molecule has 0 fully saturated rings. The molecule has 5 aromatic heterocycles. The molecule has 0 atom stereocenters. The van der Waals surface area contributed by atoms with Crippen LogP contribution in [0.2, 0.25) is 10.0 Å². The first-order valence-electron chi connectivity index (χ1n) is 15.9. The molecule has 11 heteroatoms. The Hall–Kier alpha value is -5.48. The van der Waals surface area contributed by atoms with Crippen molar-refractivity contribution >= 4 is 82.7 Å². The van der Waals surface area contributed by atoms with Gasteiger partial charge in [-0.05, 0) is 102 Å². The quantitative estimate of drug-likeness (QED) is 0.164. The summed E-state index contributed by atoms with van der Waals surface area (Å²) in [6.07, 6.45) is 6.92. The van der Waals surface area contributed by atoms with Crippen LogP contribution in [0.1, 0.15) is 11.4 Å². The topological polar surface area (TPSA) is 113 Å². The molecule has 8 nitrogen and oxygen atoms in total. The zero-order valence-electron chi connectivity index (χ0n) is 27.2. The van der Waals surface area contributed by atoms with E-state index in [1.165, 1.54) is 0 Å². The molecule has 3 N–H and O–H groups in total. The smallest absolute Gasteiger partial charge is 0.321 e. The highest BCUT2D eigenvalue weighted by Crippen LogP contribution is 2.39. The van der Waals surface area contributed by atoms with Crippen molar-refractivity contribution in [1.29, 1.82) is 0 Å². The summed E-state index contributed by atoms with van der Waals surface area (Å²) in [6.45, 7) is 3.98. The predicted molar refractivity (Wildman–Crippen MR) is 209 cm³/mol. The van der Waals surface area contributed by atoms with Crippen LogP contribution in [0.4, 0.5) is 0 Å². The number of H-pyrrole nitrogens is 2. The van der Waals surface area contributed by atoms with Gasteiger partial charge in [-0.25, -0.2) is 9.97 Å². The lowest BCUT2D eigenvalue weighted by molar-refractivity contribution is 0.441. The highest BCUT2D eigenvalue weighted by molar-refractivity contribution is 9.10. The van der Waals surface area contributed by atoms with Crippen LogP contribution in [0.3, 0.4) is 0 Å². The minimum absolute atomic E-state index is 0.249. The molecule has 0 aliphatic carbocycles. The van der Waals surface area contributed by atoms with Gasteiger partial charge in [-0.3, -0.25) is 9.97 Å². The summed E-state index contributed by atoms with van der Waals surface area (Å²) in [4.78, 5) is 24.1. The number of aromatic nitrogens is 6. The molecule has 0 saturated carbocycles. The van der Waals surface area contributed by atoms with Crippen LogP contribution in [-0.4, -0.2) is 35.0 Å². The molecule has 9 aromatic rings. The van der Waals surface area contributed by atoms with E-state index >= 15 is 0 Å². The lowest BCUT2D eigenvalue weighted by Gasteiger charge is -2.08. The number of aryl methyl sites for hydroxylation is 2. The average Bonchev–Trinajstić information content (AvgIpc) is 3.70. The molecule has 250 valence electrons. The van der Waals surface area contributed by atoms with Crippen molar-refractivity contribution in [3.8, 4) is 39.8 Å². The van der Waals surface area contributed by atoms with E-state index in [0.717, 1.165) is 81.7 Å². The number of nitrogens with one attached hydrogen (secondary N) is 2. The van der Waals surface area contributed by atoms with Crippen LogP contribution < -0.4 is 4.74 Å². The number of aromatic hydroxyl groups is 1. The number of hydrogen-bond acceptors (Lipinski definition) is 6. The molecule has 0 bridgehead atoms. The van der Waals surface area contributed by atoms with Crippen LogP contribution in [0, 0.1) is 13.8 Å². The van der Waals surface area contributed by atoms with Crippen LogP contribution in [-0.2, 0) is 0 Å². The van der Waals surface area contributed by atoms with Crippen LogP contribution >= 0.6 is 39.1 Å². The molecule has 0 aliphatic rings. The zero-order chi connectivity index (χ0) is 35.2. The number of phenolic OH excluding ortho intramolecular Hbond substituents is 1. The number of pyridine rings is 2. The number of benzene rings is 4. The summed E-state index contributed by atoms with van der Waals surface area (Å²) in [7, 11) is 0. The van der Waals surface area contributed by atoms with Crippen LogP contribution in [0.5, 0.6) is 17.5 Å². The molecular formula is C40H27BrCl2N6O2. The molecule has 0 radical (unpaired) electrons. The first kappa shape index (κ1) is 32.7. The number of phenols is 1. The average molecular weight is 775 g/mol. The van der Waals surface area contributed by atoms with Gasteiger partial charge in [0.2, 0.25) is 0 Å². The number of aromatic amines is 2. The summed E-state index contributed by atoms with van der Waals surface area (Å²) in [5, 5.41) is 15.2. The normalized spacial score (nSPS) is 11.3. The first-order chi connectivity index (χ1) is 24.7. The van der Waals surface area contributed by atoms with Gasteiger partial charge in [-0.1, -0.05) is 47.5 Å². The summed E-state index contributed by atoms with van der Waals surface area (Å²) < 4.78 is 6.61. The number of halogens is 3. The van der Waals surface area contributed by atoms with Crippen molar-refractivity contribution in [3.05, 3.63) is 136 Å². The van der Waals surface area contributed by atoms with E-state index in [1.54, 1.807) is 24.5 Å². The summed E-state index contributed by atoms with van der Waals surface area (Å²) in [6, 6.07) is 27.0. The SMILES string of the molecule is Cc1nccc2c1[nH]c1c(-c3ccc(O)cc3)cc(Cl)cc12.Cc1nccc2c1[nH]c1c(-c3cccc(Oc4ncc(Br)cn4)c3)cc(Cl)cc12. The van der Waals surface area contributed by atoms with E-state index in [1.807, 2.05) is 99.0 Å². The van der Waals surface area contributed by atoms with Crippen molar-refractivity contribution in [2.24, 2.45) is 0 Å². The molecule has 0 spiro atoms. The van der Waals surface area contributed by atoms with Gasteiger partial charge in [-0.15, -0.1) is 0 Å². The van der Waals surface area contributed by atoms with Gasteiger partial charge in [0.05, 0.1) is 37.9 Å². The summed E-state index contributed by atoms with van der Waals surface area (Å²) in [5.41, 5.74) is 9.97. The fourth-order valence-electron chi connectivity index (χ4n) is 6.34. The minimum atomic E-state index is 0.249. The number of hydrogen-bond donors (Lipinski definition) is 3. The van der Waals surface area contributed by atoms with Gasteiger partial charge in [0.15, 0.2) is 0 Å².